The monoisotopic (exact) mass is 322 g/mol. The highest BCUT2D eigenvalue weighted by Crippen LogP contribution is 2.23. The lowest BCUT2D eigenvalue weighted by atomic mass is 10.2. The van der Waals surface area contributed by atoms with Crippen LogP contribution in [0.4, 0.5) is 0 Å². The first-order valence-electron chi connectivity index (χ1n) is 7.84. The minimum atomic E-state index is -0.0285. The van der Waals surface area contributed by atoms with Gasteiger partial charge in [-0.3, -0.25) is 9.59 Å². The number of halogens is 1. The van der Waals surface area contributed by atoms with E-state index < -0.39 is 0 Å². The maximum absolute atomic E-state index is 12.0. The molecule has 0 unspecified atom stereocenters. The third-order valence-corrected chi connectivity index (χ3v) is 4.40. The Morgan fingerprint density at radius 3 is 2.45 bits per heavy atom. The van der Waals surface area contributed by atoms with Gasteiger partial charge in [0.05, 0.1) is 0 Å². The Morgan fingerprint density at radius 1 is 1.23 bits per heavy atom. The van der Waals surface area contributed by atoms with E-state index in [2.05, 4.69) is 5.32 Å². The second-order valence-electron chi connectivity index (χ2n) is 5.80. The lowest BCUT2D eigenvalue weighted by Gasteiger charge is -2.27. The Hall–Kier alpha value is -1.55. The summed E-state index contributed by atoms with van der Waals surface area (Å²) in [5, 5.41) is 3.57. The first-order valence-corrected chi connectivity index (χ1v) is 8.22. The van der Waals surface area contributed by atoms with Gasteiger partial charge in [-0.25, -0.2) is 0 Å². The van der Waals surface area contributed by atoms with Gasteiger partial charge in [0.1, 0.15) is 0 Å². The fourth-order valence-corrected chi connectivity index (χ4v) is 3.05. The Labute approximate surface area is 136 Å². The third kappa shape index (κ3) is 5.02. The molecule has 1 aliphatic carbocycles. The SMILES string of the molecule is CC(=O)N(CCC(=O)NCc1ccc(Cl)cc1)C1CCCC1. The molecule has 0 heterocycles. The van der Waals surface area contributed by atoms with Gasteiger partial charge < -0.3 is 10.2 Å². The van der Waals surface area contributed by atoms with Crippen molar-refractivity contribution in [3.8, 4) is 0 Å². The Bertz CT molecular complexity index is 510. The van der Waals surface area contributed by atoms with E-state index in [4.69, 9.17) is 11.6 Å². The summed E-state index contributed by atoms with van der Waals surface area (Å²) in [4.78, 5) is 25.5. The molecule has 0 spiro atoms. The van der Waals surface area contributed by atoms with Gasteiger partial charge in [0.15, 0.2) is 0 Å². The highest BCUT2D eigenvalue weighted by atomic mass is 35.5. The zero-order valence-corrected chi connectivity index (χ0v) is 13.7. The normalized spacial score (nSPS) is 14.8. The van der Waals surface area contributed by atoms with E-state index in [1.54, 1.807) is 19.1 Å². The van der Waals surface area contributed by atoms with Crippen molar-refractivity contribution in [2.75, 3.05) is 6.54 Å². The Morgan fingerprint density at radius 2 is 1.86 bits per heavy atom. The summed E-state index contributed by atoms with van der Waals surface area (Å²) in [6.07, 6.45) is 4.83. The molecule has 0 radical (unpaired) electrons. The molecule has 1 fully saturated rings. The molecular weight excluding hydrogens is 300 g/mol. The van der Waals surface area contributed by atoms with E-state index in [0.717, 1.165) is 18.4 Å². The molecule has 4 nitrogen and oxygen atoms in total. The van der Waals surface area contributed by atoms with Crippen molar-refractivity contribution in [2.24, 2.45) is 0 Å². The molecule has 0 atom stereocenters. The molecule has 0 bridgehead atoms. The summed E-state index contributed by atoms with van der Waals surface area (Å²) < 4.78 is 0. The van der Waals surface area contributed by atoms with Crippen molar-refractivity contribution in [1.29, 1.82) is 0 Å². The number of nitrogens with zero attached hydrogens (tertiary/aromatic N) is 1. The van der Waals surface area contributed by atoms with Crippen molar-refractivity contribution < 1.29 is 9.59 Å². The highest BCUT2D eigenvalue weighted by molar-refractivity contribution is 6.30. The molecular formula is C17H23ClN2O2. The molecule has 0 aromatic heterocycles. The molecule has 1 saturated carbocycles. The van der Waals surface area contributed by atoms with E-state index in [0.29, 0.717) is 30.6 Å². The molecule has 0 saturated heterocycles. The van der Waals surface area contributed by atoms with Gasteiger partial charge in [-0.2, -0.15) is 0 Å². The number of rotatable bonds is 6. The Kier molecular flexibility index (Phi) is 6.25. The van der Waals surface area contributed by atoms with E-state index in [1.165, 1.54) is 12.8 Å². The van der Waals surface area contributed by atoms with Crippen LogP contribution in [0.1, 0.15) is 44.6 Å². The minimum absolute atomic E-state index is 0.0285. The second-order valence-corrected chi connectivity index (χ2v) is 6.24. The number of carbonyl (C=O) groups excluding carboxylic acids is 2. The number of nitrogens with one attached hydrogen (secondary N) is 1. The summed E-state index contributed by atoms with van der Waals surface area (Å²) in [5.41, 5.74) is 1.01. The average Bonchev–Trinajstić information content (AvgIpc) is 3.00. The number of amides is 2. The number of hydrogen-bond donors (Lipinski definition) is 1. The largest absolute Gasteiger partial charge is 0.352 e. The van der Waals surface area contributed by atoms with E-state index in [-0.39, 0.29) is 11.8 Å². The zero-order chi connectivity index (χ0) is 15.9. The smallest absolute Gasteiger partial charge is 0.222 e. The number of benzene rings is 1. The first kappa shape index (κ1) is 16.8. The standard InChI is InChI=1S/C17H23ClN2O2/c1-13(21)20(16-4-2-3-5-16)11-10-17(22)19-12-14-6-8-15(18)9-7-14/h6-9,16H,2-5,10-12H2,1H3,(H,19,22). The van der Waals surface area contributed by atoms with Gasteiger partial charge in [0, 0.05) is 37.5 Å². The Balaban J connectivity index is 1.76. The molecule has 22 heavy (non-hydrogen) atoms. The number of carbonyl (C=O) groups is 2. The highest BCUT2D eigenvalue weighted by Gasteiger charge is 2.24. The van der Waals surface area contributed by atoms with Crippen molar-refractivity contribution in [3.05, 3.63) is 34.9 Å². The summed E-state index contributed by atoms with van der Waals surface area (Å²) in [6, 6.07) is 7.72. The second kappa shape index (κ2) is 8.18. The average molecular weight is 323 g/mol. The van der Waals surface area contributed by atoms with Crippen LogP contribution in [0, 0.1) is 0 Å². The van der Waals surface area contributed by atoms with Gasteiger partial charge in [0.25, 0.3) is 0 Å². The summed E-state index contributed by atoms with van der Waals surface area (Å²) in [5.74, 6) is 0.0385. The summed E-state index contributed by atoms with van der Waals surface area (Å²) >= 11 is 5.83. The molecule has 0 aliphatic heterocycles. The summed E-state index contributed by atoms with van der Waals surface area (Å²) in [6.45, 7) is 2.58. The fraction of sp³-hybridized carbons (Fsp3) is 0.529. The number of hydrogen-bond acceptors (Lipinski definition) is 2. The van der Waals surface area contributed by atoms with Crippen LogP contribution in [0.2, 0.25) is 5.02 Å². The molecule has 1 N–H and O–H groups in total. The van der Waals surface area contributed by atoms with Crippen LogP contribution in [0.3, 0.4) is 0 Å². The van der Waals surface area contributed by atoms with Crippen molar-refractivity contribution in [3.63, 3.8) is 0 Å². The van der Waals surface area contributed by atoms with Gasteiger partial charge in [0.2, 0.25) is 11.8 Å². The predicted octanol–water partition coefficient (Wildman–Crippen LogP) is 3.14. The fourth-order valence-electron chi connectivity index (χ4n) is 2.93. The van der Waals surface area contributed by atoms with Gasteiger partial charge in [-0.15, -0.1) is 0 Å². The van der Waals surface area contributed by atoms with Crippen LogP contribution in [0.5, 0.6) is 0 Å². The van der Waals surface area contributed by atoms with Crippen LogP contribution in [0.15, 0.2) is 24.3 Å². The predicted molar refractivity (Wildman–Crippen MR) is 87.6 cm³/mol. The maximum Gasteiger partial charge on any atom is 0.222 e. The van der Waals surface area contributed by atoms with Gasteiger partial charge in [-0.1, -0.05) is 36.6 Å². The summed E-state index contributed by atoms with van der Waals surface area (Å²) in [7, 11) is 0. The molecule has 120 valence electrons. The molecule has 2 rings (SSSR count). The van der Waals surface area contributed by atoms with Crippen molar-refractivity contribution >= 4 is 23.4 Å². The molecule has 1 aliphatic rings. The van der Waals surface area contributed by atoms with Crippen LogP contribution in [0.25, 0.3) is 0 Å². The first-order chi connectivity index (χ1) is 10.6. The topological polar surface area (TPSA) is 49.4 Å². The van der Waals surface area contributed by atoms with Gasteiger partial charge >= 0.3 is 0 Å². The van der Waals surface area contributed by atoms with Crippen molar-refractivity contribution in [1.82, 2.24) is 10.2 Å². The van der Waals surface area contributed by atoms with Gasteiger partial charge in [-0.05, 0) is 30.5 Å². The molecule has 5 heteroatoms. The van der Waals surface area contributed by atoms with Crippen LogP contribution in [-0.2, 0) is 16.1 Å². The van der Waals surface area contributed by atoms with Crippen molar-refractivity contribution in [2.45, 2.75) is 51.6 Å². The van der Waals surface area contributed by atoms with Crippen LogP contribution in [-0.4, -0.2) is 29.3 Å². The minimum Gasteiger partial charge on any atom is -0.352 e. The van der Waals surface area contributed by atoms with E-state index in [9.17, 15) is 9.59 Å². The van der Waals surface area contributed by atoms with E-state index in [1.807, 2.05) is 17.0 Å². The maximum atomic E-state index is 12.0. The molecule has 1 aromatic rings. The lowest BCUT2D eigenvalue weighted by Crippen LogP contribution is -2.39. The quantitative estimate of drug-likeness (QED) is 0.874. The van der Waals surface area contributed by atoms with Crippen LogP contribution >= 0.6 is 11.6 Å². The third-order valence-electron chi connectivity index (χ3n) is 4.15. The van der Waals surface area contributed by atoms with Crippen LogP contribution < -0.4 is 5.32 Å². The molecule has 2 amide bonds. The molecule has 1 aromatic carbocycles. The lowest BCUT2D eigenvalue weighted by molar-refractivity contribution is -0.131. The van der Waals surface area contributed by atoms with E-state index >= 15 is 0 Å². The zero-order valence-electron chi connectivity index (χ0n) is 13.0.